The van der Waals surface area contributed by atoms with E-state index in [-0.39, 0.29) is 10.8 Å². The summed E-state index contributed by atoms with van der Waals surface area (Å²) in [5.41, 5.74) is 3.29. The van der Waals surface area contributed by atoms with Crippen LogP contribution in [0.1, 0.15) is 52.7 Å². The van der Waals surface area contributed by atoms with Crippen LogP contribution in [0.15, 0.2) is 84.9 Å². The van der Waals surface area contributed by atoms with Crippen molar-refractivity contribution in [2.45, 2.75) is 52.4 Å². The Balaban J connectivity index is 0.000000161. The van der Waals surface area contributed by atoms with E-state index in [1.807, 2.05) is 0 Å². The zero-order valence-electron chi connectivity index (χ0n) is 18.1. The largest absolute Gasteiger partial charge is 0.0616 e. The average molecular weight is 369 g/mol. The van der Waals surface area contributed by atoms with E-state index in [2.05, 4.69) is 126 Å². The maximum atomic E-state index is 2.29. The lowest BCUT2D eigenvalue weighted by Gasteiger charge is -2.21. The van der Waals surface area contributed by atoms with Crippen LogP contribution in [0.25, 0.3) is 21.5 Å². The van der Waals surface area contributed by atoms with Gasteiger partial charge in [-0.3, -0.25) is 0 Å². The molecule has 0 heteroatoms. The quantitative estimate of drug-likeness (QED) is 0.293. The highest BCUT2D eigenvalue weighted by Gasteiger charge is 2.15. The first kappa shape index (κ1) is 20.1. The van der Waals surface area contributed by atoms with Crippen molar-refractivity contribution in [2.75, 3.05) is 0 Å². The van der Waals surface area contributed by atoms with Gasteiger partial charge >= 0.3 is 0 Å². The van der Waals surface area contributed by atoms with Crippen molar-refractivity contribution in [3.8, 4) is 0 Å². The Kier molecular flexibility index (Phi) is 5.61. The van der Waals surface area contributed by atoms with Crippen LogP contribution >= 0.6 is 0 Å². The fourth-order valence-electron chi connectivity index (χ4n) is 3.54. The lowest BCUT2D eigenvalue weighted by Crippen LogP contribution is -2.11. The molecule has 0 spiro atoms. The molecule has 0 bridgehead atoms. The van der Waals surface area contributed by atoms with E-state index in [1.165, 1.54) is 32.7 Å². The van der Waals surface area contributed by atoms with Gasteiger partial charge in [-0.25, -0.2) is 0 Å². The van der Waals surface area contributed by atoms with Gasteiger partial charge < -0.3 is 0 Å². The third-order valence-electron chi connectivity index (χ3n) is 5.21. The van der Waals surface area contributed by atoms with Gasteiger partial charge in [-0.05, 0) is 43.5 Å². The van der Waals surface area contributed by atoms with E-state index in [0.717, 1.165) is 0 Å². The molecule has 28 heavy (non-hydrogen) atoms. The Hall–Kier alpha value is -2.60. The van der Waals surface area contributed by atoms with Crippen LogP contribution in [0.4, 0.5) is 0 Å². The minimum Gasteiger partial charge on any atom is -0.0616 e. The maximum absolute atomic E-state index is 2.29. The molecule has 4 aromatic carbocycles. The highest BCUT2D eigenvalue weighted by molar-refractivity contribution is 5.86. The summed E-state index contributed by atoms with van der Waals surface area (Å²) in [7, 11) is 0. The maximum Gasteiger partial charge on any atom is -0.0126 e. The van der Waals surface area contributed by atoms with Gasteiger partial charge in [0.15, 0.2) is 0 Å². The highest BCUT2D eigenvalue weighted by atomic mass is 14.2. The van der Waals surface area contributed by atoms with E-state index in [4.69, 9.17) is 0 Å². The van der Waals surface area contributed by atoms with Gasteiger partial charge in [-0.15, -0.1) is 0 Å². The first-order chi connectivity index (χ1) is 13.2. The molecule has 0 saturated heterocycles. The normalized spacial score (nSPS) is 11.9. The zero-order valence-corrected chi connectivity index (χ0v) is 18.1. The molecule has 4 aromatic rings. The van der Waals surface area contributed by atoms with Crippen LogP contribution in [0.5, 0.6) is 0 Å². The lowest BCUT2D eigenvalue weighted by molar-refractivity contribution is 0.591. The molecule has 0 saturated carbocycles. The van der Waals surface area contributed by atoms with E-state index in [1.54, 1.807) is 0 Å². The molecule has 0 radical (unpaired) electrons. The molecule has 0 aliphatic rings. The molecule has 0 amide bonds. The summed E-state index contributed by atoms with van der Waals surface area (Å²) in [4.78, 5) is 0. The summed E-state index contributed by atoms with van der Waals surface area (Å²) in [5.74, 6) is 0. The molecule has 0 unspecified atom stereocenters. The summed E-state index contributed by atoms with van der Waals surface area (Å²) in [5, 5.41) is 5.36. The molecule has 4 rings (SSSR count). The number of fused-ring (bicyclic) bond motifs is 2. The molecule has 144 valence electrons. The van der Waals surface area contributed by atoms with Gasteiger partial charge in [0.2, 0.25) is 0 Å². The van der Waals surface area contributed by atoms with E-state index >= 15 is 0 Å². The van der Waals surface area contributed by atoms with E-state index in [0.29, 0.717) is 0 Å². The Morgan fingerprint density at radius 3 is 1.68 bits per heavy atom. The fourth-order valence-corrected chi connectivity index (χ4v) is 3.54. The lowest BCUT2D eigenvalue weighted by atomic mass is 9.84. The van der Waals surface area contributed by atoms with Gasteiger partial charge in [-0.2, -0.15) is 0 Å². The Labute approximate surface area is 170 Å². The Morgan fingerprint density at radius 2 is 1.04 bits per heavy atom. The van der Waals surface area contributed by atoms with Crippen LogP contribution in [0.2, 0.25) is 0 Å². The Morgan fingerprint density at radius 1 is 0.464 bits per heavy atom. The molecule has 0 aliphatic carbocycles. The van der Waals surface area contributed by atoms with Crippen LogP contribution in [-0.2, 0) is 10.8 Å². The smallest absolute Gasteiger partial charge is 0.0126 e. The second-order valence-corrected chi connectivity index (χ2v) is 9.59. The Bertz CT molecular complexity index is 1060. The molecule has 0 fully saturated rings. The average Bonchev–Trinajstić information content (AvgIpc) is 2.66. The predicted octanol–water partition coefficient (Wildman–Crippen LogP) is 8.27. The van der Waals surface area contributed by atoms with Crippen molar-refractivity contribution >= 4 is 21.5 Å². The molecular formula is C28H32. The van der Waals surface area contributed by atoms with Crippen LogP contribution in [-0.4, -0.2) is 0 Å². The van der Waals surface area contributed by atoms with Crippen LogP contribution in [0.3, 0.4) is 0 Å². The summed E-state index contributed by atoms with van der Waals surface area (Å²) in [6.45, 7) is 13.5. The number of rotatable bonds is 0. The highest BCUT2D eigenvalue weighted by Crippen LogP contribution is 2.29. The molecule has 0 N–H and O–H groups in total. The van der Waals surface area contributed by atoms with Crippen molar-refractivity contribution in [1.29, 1.82) is 0 Å². The van der Waals surface area contributed by atoms with Crippen molar-refractivity contribution in [1.82, 2.24) is 0 Å². The monoisotopic (exact) mass is 368 g/mol. The zero-order chi connectivity index (χ0) is 20.4. The number of benzene rings is 4. The first-order valence-electron chi connectivity index (χ1n) is 10.1. The van der Waals surface area contributed by atoms with E-state index < -0.39 is 0 Å². The summed E-state index contributed by atoms with van der Waals surface area (Å²) in [6, 6.07) is 30.3. The topological polar surface area (TPSA) is 0 Å². The minimum absolute atomic E-state index is 0.223. The summed E-state index contributed by atoms with van der Waals surface area (Å²) in [6.07, 6.45) is 0. The fraction of sp³-hybridized carbons (Fsp3) is 0.286. The van der Waals surface area contributed by atoms with Gasteiger partial charge in [0, 0.05) is 0 Å². The second-order valence-electron chi connectivity index (χ2n) is 9.59. The predicted molar refractivity (Wildman–Crippen MR) is 125 cm³/mol. The standard InChI is InChI=1S/2C14H16/c1-14(2,3)13-10-6-8-11-7-4-5-9-12(11)13;1-14(2,3)13-9-8-11-6-4-5-7-12(11)10-13/h2*4-10H,1-3H3. The third kappa shape index (κ3) is 4.62. The SMILES string of the molecule is CC(C)(C)c1ccc2ccccc2c1.CC(C)(C)c1cccc2ccccc12. The number of hydrogen-bond donors (Lipinski definition) is 0. The molecule has 0 aliphatic heterocycles. The van der Waals surface area contributed by atoms with Crippen molar-refractivity contribution < 1.29 is 0 Å². The summed E-state index contributed by atoms with van der Waals surface area (Å²) < 4.78 is 0. The van der Waals surface area contributed by atoms with Gasteiger partial charge in [0.25, 0.3) is 0 Å². The van der Waals surface area contributed by atoms with Gasteiger partial charge in [0.1, 0.15) is 0 Å². The first-order valence-corrected chi connectivity index (χ1v) is 10.1. The molecule has 0 atom stereocenters. The van der Waals surface area contributed by atoms with Gasteiger partial charge in [0.05, 0.1) is 0 Å². The molecule has 0 heterocycles. The van der Waals surface area contributed by atoms with E-state index in [9.17, 15) is 0 Å². The summed E-state index contributed by atoms with van der Waals surface area (Å²) >= 11 is 0. The van der Waals surface area contributed by atoms with Crippen LogP contribution < -0.4 is 0 Å². The van der Waals surface area contributed by atoms with Gasteiger partial charge in [-0.1, -0.05) is 126 Å². The minimum atomic E-state index is 0.223. The number of hydrogen-bond acceptors (Lipinski definition) is 0. The molecule has 0 nitrogen and oxygen atoms in total. The third-order valence-corrected chi connectivity index (χ3v) is 5.21. The van der Waals surface area contributed by atoms with Crippen molar-refractivity contribution in [3.63, 3.8) is 0 Å². The van der Waals surface area contributed by atoms with Crippen LogP contribution in [0, 0.1) is 0 Å². The molecule has 0 aromatic heterocycles. The molecular weight excluding hydrogens is 336 g/mol. The van der Waals surface area contributed by atoms with Crippen molar-refractivity contribution in [3.05, 3.63) is 96.1 Å². The second kappa shape index (κ2) is 7.80. The van der Waals surface area contributed by atoms with Crippen molar-refractivity contribution in [2.24, 2.45) is 0 Å².